The highest BCUT2D eigenvalue weighted by Gasteiger charge is 2.35. The maximum absolute atomic E-state index is 13.4. The van der Waals surface area contributed by atoms with Crippen LogP contribution in [-0.2, 0) is 31.1 Å². The Morgan fingerprint density at radius 3 is 2.59 bits per heavy atom. The Bertz CT molecular complexity index is 1000. The fourth-order valence-corrected chi connectivity index (χ4v) is 2.95. The molecule has 0 N–H and O–H groups in total. The van der Waals surface area contributed by atoms with E-state index in [1.54, 1.807) is 31.0 Å². The summed E-state index contributed by atoms with van der Waals surface area (Å²) in [5, 5.41) is 8.10. The highest BCUT2D eigenvalue weighted by Crippen LogP contribution is 2.36. The molecule has 0 bridgehead atoms. The van der Waals surface area contributed by atoms with Gasteiger partial charge in [-0.25, -0.2) is 9.67 Å². The molecule has 0 aliphatic heterocycles. The van der Waals surface area contributed by atoms with E-state index in [1.165, 1.54) is 23.4 Å². The molecule has 0 unspecified atom stereocenters. The maximum Gasteiger partial charge on any atom is 0.417 e. The van der Waals surface area contributed by atoms with Gasteiger partial charge in [-0.1, -0.05) is 0 Å². The quantitative estimate of drug-likeness (QED) is 0.697. The van der Waals surface area contributed by atoms with Crippen LogP contribution in [0, 0.1) is 13.8 Å². The van der Waals surface area contributed by atoms with E-state index in [9.17, 15) is 18.0 Å². The molecule has 3 aromatic rings. The van der Waals surface area contributed by atoms with Gasteiger partial charge < -0.3 is 4.90 Å². The third-order valence-corrected chi connectivity index (χ3v) is 4.34. The number of amides is 1. The van der Waals surface area contributed by atoms with Crippen molar-refractivity contribution in [2.45, 2.75) is 33.1 Å². The van der Waals surface area contributed by atoms with Crippen LogP contribution in [0.2, 0.25) is 0 Å². The molecule has 144 valence electrons. The van der Waals surface area contributed by atoms with Gasteiger partial charge in [-0.05, 0) is 26.0 Å². The Kier molecular flexibility index (Phi) is 4.66. The fourth-order valence-electron chi connectivity index (χ4n) is 2.95. The van der Waals surface area contributed by atoms with Crippen molar-refractivity contribution >= 4 is 16.9 Å². The first-order valence-electron chi connectivity index (χ1n) is 8.20. The number of hydrogen-bond acceptors (Lipinski definition) is 4. The fraction of sp³-hybridized carbons (Fsp3) is 0.412. The van der Waals surface area contributed by atoms with E-state index >= 15 is 0 Å². The maximum atomic E-state index is 13.4. The molecule has 10 heteroatoms. The molecule has 0 aromatic carbocycles. The molecule has 27 heavy (non-hydrogen) atoms. The van der Waals surface area contributed by atoms with Gasteiger partial charge in [-0.2, -0.15) is 23.4 Å². The second-order valence-electron chi connectivity index (χ2n) is 6.45. The first-order chi connectivity index (χ1) is 12.6. The van der Waals surface area contributed by atoms with Crippen molar-refractivity contribution in [1.29, 1.82) is 0 Å². The van der Waals surface area contributed by atoms with Gasteiger partial charge in [0.05, 0.1) is 28.9 Å². The Balaban J connectivity index is 1.92. The van der Waals surface area contributed by atoms with Crippen molar-refractivity contribution in [2.75, 3.05) is 7.05 Å². The summed E-state index contributed by atoms with van der Waals surface area (Å²) in [5.74, 6) is -0.294. The molecule has 7 nitrogen and oxygen atoms in total. The zero-order valence-corrected chi connectivity index (χ0v) is 15.4. The minimum atomic E-state index is -4.52. The van der Waals surface area contributed by atoms with E-state index in [4.69, 9.17) is 0 Å². The van der Waals surface area contributed by atoms with Gasteiger partial charge in [0.15, 0.2) is 5.65 Å². The van der Waals surface area contributed by atoms with Crippen molar-refractivity contribution in [1.82, 2.24) is 29.4 Å². The average Bonchev–Trinajstić information content (AvgIpc) is 3.10. The van der Waals surface area contributed by atoms with Crippen LogP contribution in [0.1, 0.15) is 22.6 Å². The lowest BCUT2D eigenvalue weighted by atomic mass is 10.1. The van der Waals surface area contributed by atoms with Crippen LogP contribution in [0.5, 0.6) is 0 Å². The van der Waals surface area contributed by atoms with Crippen molar-refractivity contribution in [3.05, 3.63) is 41.0 Å². The Hall–Kier alpha value is -2.91. The molecule has 0 atom stereocenters. The summed E-state index contributed by atoms with van der Waals surface area (Å²) in [7, 11) is 3.39. The van der Waals surface area contributed by atoms with E-state index in [0.29, 0.717) is 6.54 Å². The number of carbonyl (C=O) groups excluding carboxylic acids is 1. The van der Waals surface area contributed by atoms with Gasteiger partial charge in [0.1, 0.15) is 6.54 Å². The van der Waals surface area contributed by atoms with E-state index in [-0.39, 0.29) is 34.9 Å². The second-order valence-corrected chi connectivity index (χ2v) is 6.45. The summed E-state index contributed by atoms with van der Waals surface area (Å²) < 4.78 is 43.0. The molecule has 1 amide bonds. The highest BCUT2D eigenvalue weighted by molar-refractivity contribution is 5.85. The smallest absolute Gasteiger partial charge is 0.338 e. The molecule has 0 radical (unpaired) electrons. The molecule has 0 spiro atoms. The normalized spacial score (nSPS) is 12.0. The van der Waals surface area contributed by atoms with Crippen molar-refractivity contribution in [2.24, 2.45) is 7.05 Å². The lowest BCUT2D eigenvalue weighted by molar-refractivity contribution is -0.136. The van der Waals surface area contributed by atoms with Crippen molar-refractivity contribution < 1.29 is 18.0 Å². The number of nitrogens with zero attached hydrogens (tertiary/aromatic N) is 6. The standard InChI is InChI=1S/C17H19F3N6O/c1-10-7-13(17(18,19)20)15-11(2)23-26(16(15)22-10)9-14(27)24(3)8-12-5-6-21-25(12)4/h5-7H,8-9H2,1-4H3. The number of halogens is 3. The number of pyridine rings is 1. The Morgan fingerprint density at radius 1 is 1.30 bits per heavy atom. The van der Waals surface area contributed by atoms with Crippen LogP contribution >= 0.6 is 0 Å². The molecular formula is C17H19F3N6O. The van der Waals surface area contributed by atoms with Gasteiger partial charge in [-0.3, -0.25) is 9.48 Å². The Labute approximate surface area is 153 Å². The molecule has 0 aliphatic rings. The number of alkyl halides is 3. The predicted molar refractivity (Wildman–Crippen MR) is 91.7 cm³/mol. The topological polar surface area (TPSA) is 68.8 Å². The van der Waals surface area contributed by atoms with Gasteiger partial charge >= 0.3 is 6.18 Å². The SMILES string of the molecule is Cc1cc(C(F)(F)F)c2c(C)nn(CC(=O)N(C)Cc3ccnn3C)c2n1. The van der Waals surface area contributed by atoms with Crippen LogP contribution in [0.4, 0.5) is 13.2 Å². The van der Waals surface area contributed by atoms with E-state index in [2.05, 4.69) is 15.2 Å². The van der Waals surface area contributed by atoms with Crippen LogP contribution in [0.25, 0.3) is 11.0 Å². The van der Waals surface area contributed by atoms with Crippen LogP contribution in [0.3, 0.4) is 0 Å². The minimum absolute atomic E-state index is 0.0575. The van der Waals surface area contributed by atoms with Gasteiger partial charge in [-0.15, -0.1) is 0 Å². The molecule has 3 heterocycles. The van der Waals surface area contributed by atoms with Crippen molar-refractivity contribution in [3.63, 3.8) is 0 Å². The summed E-state index contributed by atoms with van der Waals surface area (Å²) in [6.07, 6.45) is -2.89. The van der Waals surface area contributed by atoms with E-state index in [1.807, 2.05) is 0 Å². The second kappa shape index (κ2) is 6.67. The molecule has 0 saturated heterocycles. The highest BCUT2D eigenvalue weighted by atomic mass is 19.4. The number of fused-ring (bicyclic) bond motifs is 1. The van der Waals surface area contributed by atoms with Gasteiger partial charge in [0.25, 0.3) is 0 Å². The summed E-state index contributed by atoms with van der Waals surface area (Å²) in [5.41, 5.74) is 0.505. The third kappa shape index (κ3) is 3.64. The third-order valence-electron chi connectivity index (χ3n) is 4.34. The predicted octanol–water partition coefficient (Wildman–Crippen LogP) is 2.46. The molecule has 0 fully saturated rings. The monoisotopic (exact) mass is 380 g/mol. The lowest BCUT2D eigenvalue weighted by Crippen LogP contribution is -2.31. The van der Waals surface area contributed by atoms with E-state index < -0.39 is 11.7 Å². The molecule has 3 aromatic heterocycles. The largest absolute Gasteiger partial charge is 0.417 e. The molecule has 3 rings (SSSR count). The van der Waals surface area contributed by atoms with E-state index in [0.717, 1.165) is 11.8 Å². The first kappa shape index (κ1) is 18.9. The average molecular weight is 380 g/mol. The first-order valence-corrected chi connectivity index (χ1v) is 8.20. The van der Waals surface area contributed by atoms with Crippen LogP contribution < -0.4 is 0 Å². The van der Waals surface area contributed by atoms with Crippen LogP contribution in [0.15, 0.2) is 18.3 Å². The van der Waals surface area contributed by atoms with Gasteiger partial charge in [0.2, 0.25) is 5.91 Å². The van der Waals surface area contributed by atoms with Crippen molar-refractivity contribution in [3.8, 4) is 0 Å². The minimum Gasteiger partial charge on any atom is -0.338 e. The summed E-state index contributed by atoms with van der Waals surface area (Å²) in [6, 6.07) is 2.79. The number of hydrogen-bond donors (Lipinski definition) is 0. The number of carbonyl (C=O) groups is 1. The lowest BCUT2D eigenvalue weighted by Gasteiger charge is -2.17. The summed E-state index contributed by atoms with van der Waals surface area (Å²) in [6.45, 7) is 3.09. The zero-order valence-electron chi connectivity index (χ0n) is 15.4. The molecule has 0 saturated carbocycles. The number of rotatable bonds is 4. The number of aromatic nitrogens is 5. The molecular weight excluding hydrogens is 361 g/mol. The number of likely N-dealkylation sites (N-methyl/N-ethyl adjacent to an activating group) is 1. The number of aryl methyl sites for hydroxylation is 3. The zero-order chi connectivity index (χ0) is 19.9. The molecule has 0 aliphatic carbocycles. The Morgan fingerprint density at radius 2 is 2.00 bits per heavy atom. The summed E-state index contributed by atoms with van der Waals surface area (Å²) >= 11 is 0. The van der Waals surface area contributed by atoms with Crippen LogP contribution in [-0.4, -0.2) is 42.4 Å². The summed E-state index contributed by atoms with van der Waals surface area (Å²) in [4.78, 5) is 18.2. The van der Waals surface area contributed by atoms with Gasteiger partial charge in [0, 0.05) is 26.0 Å².